The molecular formula is C16H25N3O. The van der Waals surface area contributed by atoms with E-state index in [-0.39, 0.29) is 0 Å². The Hall–Kier alpha value is -1.13. The standard InChI is InChI=1S/C16H25N3O/c1-19-14-4-5-15(19)8-13(7-14)10-17-9-12-3-6-16(20-2)18-11-12/h3,6,11,13-15,17H,4-5,7-10H2,1-2H3. The molecule has 2 atom stereocenters. The van der Waals surface area contributed by atoms with E-state index >= 15 is 0 Å². The second-order valence-electron chi connectivity index (χ2n) is 6.23. The molecule has 2 bridgehead atoms. The molecule has 2 unspecified atom stereocenters. The van der Waals surface area contributed by atoms with E-state index in [1.807, 2.05) is 12.3 Å². The third-order valence-corrected chi connectivity index (χ3v) is 4.96. The molecule has 2 aliphatic rings. The summed E-state index contributed by atoms with van der Waals surface area (Å²) in [6.45, 7) is 2.03. The Balaban J connectivity index is 1.44. The normalized spacial score (nSPS) is 29.6. The van der Waals surface area contributed by atoms with Gasteiger partial charge in [-0.25, -0.2) is 4.98 Å². The maximum absolute atomic E-state index is 5.07. The summed E-state index contributed by atoms with van der Waals surface area (Å²) in [7, 11) is 3.95. The van der Waals surface area contributed by atoms with E-state index < -0.39 is 0 Å². The summed E-state index contributed by atoms with van der Waals surface area (Å²) < 4.78 is 5.07. The van der Waals surface area contributed by atoms with Crippen LogP contribution < -0.4 is 10.1 Å². The fourth-order valence-corrected chi connectivity index (χ4v) is 3.75. The van der Waals surface area contributed by atoms with E-state index in [9.17, 15) is 0 Å². The van der Waals surface area contributed by atoms with Crippen LogP contribution >= 0.6 is 0 Å². The molecular weight excluding hydrogens is 250 g/mol. The smallest absolute Gasteiger partial charge is 0.212 e. The molecule has 3 heterocycles. The topological polar surface area (TPSA) is 37.4 Å². The predicted molar refractivity (Wildman–Crippen MR) is 79.8 cm³/mol. The van der Waals surface area contributed by atoms with Crippen molar-refractivity contribution in [3.63, 3.8) is 0 Å². The van der Waals surface area contributed by atoms with Gasteiger partial charge in [0.25, 0.3) is 0 Å². The molecule has 2 aliphatic heterocycles. The number of aromatic nitrogens is 1. The highest BCUT2D eigenvalue weighted by molar-refractivity contribution is 5.17. The Morgan fingerprint density at radius 1 is 1.30 bits per heavy atom. The number of methoxy groups -OCH3 is 1. The lowest BCUT2D eigenvalue weighted by Gasteiger charge is -2.36. The molecule has 0 aromatic carbocycles. The van der Waals surface area contributed by atoms with Gasteiger partial charge in [0.05, 0.1) is 7.11 Å². The largest absolute Gasteiger partial charge is 0.481 e. The van der Waals surface area contributed by atoms with Crippen molar-refractivity contribution in [2.75, 3.05) is 20.7 Å². The van der Waals surface area contributed by atoms with Gasteiger partial charge in [0, 0.05) is 30.9 Å². The molecule has 0 amide bonds. The third kappa shape index (κ3) is 2.96. The average molecular weight is 275 g/mol. The molecule has 0 spiro atoms. The van der Waals surface area contributed by atoms with Gasteiger partial charge in [-0.2, -0.15) is 0 Å². The first kappa shape index (κ1) is 13.8. The molecule has 1 N–H and O–H groups in total. The van der Waals surface area contributed by atoms with Crippen molar-refractivity contribution < 1.29 is 4.74 Å². The molecule has 0 saturated carbocycles. The summed E-state index contributed by atoms with van der Waals surface area (Å²) in [5, 5.41) is 3.59. The van der Waals surface area contributed by atoms with Crippen molar-refractivity contribution in [3.8, 4) is 5.88 Å². The van der Waals surface area contributed by atoms with E-state index in [2.05, 4.69) is 28.3 Å². The average Bonchev–Trinajstić information content (AvgIpc) is 2.70. The minimum absolute atomic E-state index is 0.681. The molecule has 1 aromatic heterocycles. The summed E-state index contributed by atoms with van der Waals surface area (Å²) in [6, 6.07) is 5.68. The lowest BCUT2D eigenvalue weighted by atomic mass is 9.91. The van der Waals surface area contributed by atoms with Crippen LogP contribution in [0.15, 0.2) is 18.3 Å². The highest BCUT2D eigenvalue weighted by Crippen LogP contribution is 2.36. The van der Waals surface area contributed by atoms with Crippen LogP contribution in [0.2, 0.25) is 0 Å². The van der Waals surface area contributed by atoms with Gasteiger partial charge in [0.2, 0.25) is 5.88 Å². The highest BCUT2D eigenvalue weighted by Gasteiger charge is 2.37. The molecule has 2 fully saturated rings. The van der Waals surface area contributed by atoms with Crippen molar-refractivity contribution in [3.05, 3.63) is 23.9 Å². The highest BCUT2D eigenvalue weighted by atomic mass is 16.5. The van der Waals surface area contributed by atoms with Crippen LogP contribution in [0.25, 0.3) is 0 Å². The van der Waals surface area contributed by atoms with Crippen LogP contribution in [0.3, 0.4) is 0 Å². The van der Waals surface area contributed by atoms with Gasteiger partial charge in [-0.1, -0.05) is 6.07 Å². The van der Waals surface area contributed by atoms with Gasteiger partial charge in [0.15, 0.2) is 0 Å². The fraction of sp³-hybridized carbons (Fsp3) is 0.688. The number of piperidine rings is 1. The lowest BCUT2D eigenvalue weighted by molar-refractivity contribution is 0.133. The van der Waals surface area contributed by atoms with Gasteiger partial charge in [-0.05, 0) is 50.8 Å². The van der Waals surface area contributed by atoms with Crippen molar-refractivity contribution in [2.45, 2.75) is 44.3 Å². The van der Waals surface area contributed by atoms with E-state index in [0.29, 0.717) is 5.88 Å². The third-order valence-electron chi connectivity index (χ3n) is 4.96. The number of rotatable bonds is 5. The summed E-state index contributed by atoms with van der Waals surface area (Å²) in [5.41, 5.74) is 1.22. The van der Waals surface area contributed by atoms with E-state index in [1.165, 1.54) is 31.2 Å². The van der Waals surface area contributed by atoms with E-state index in [0.717, 1.165) is 31.1 Å². The number of fused-ring (bicyclic) bond motifs is 2. The number of nitrogens with zero attached hydrogens (tertiary/aromatic N) is 2. The molecule has 4 nitrogen and oxygen atoms in total. The molecule has 1 aromatic rings. The molecule has 2 saturated heterocycles. The number of hydrogen-bond donors (Lipinski definition) is 1. The van der Waals surface area contributed by atoms with E-state index in [4.69, 9.17) is 4.74 Å². The van der Waals surface area contributed by atoms with Gasteiger partial charge in [-0.3, -0.25) is 0 Å². The zero-order valence-electron chi connectivity index (χ0n) is 12.5. The summed E-state index contributed by atoms with van der Waals surface area (Å²) >= 11 is 0. The van der Waals surface area contributed by atoms with Crippen LogP contribution in [0.5, 0.6) is 5.88 Å². The minimum Gasteiger partial charge on any atom is -0.481 e. The Bertz CT molecular complexity index is 420. The van der Waals surface area contributed by atoms with Gasteiger partial charge < -0.3 is 15.0 Å². The number of pyridine rings is 1. The van der Waals surface area contributed by atoms with Crippen molar-refractivity contribution in [1.82, 2.24) is 15.2 Å². The lowest BCUT2D eigenvalue weighted by Crippen LogP contribution is -2.42. The Morgan fingerprint density at radius 3 is 2.65 bits per heavy atom. The molecule has 4 heteroatoms. The van der Waals surface area contributed by atoms with Gasteiger partial charge in [-0.15, -0.1) is 0 Å². The predicted octanol–water partition coefficient (Wildman–Crippen LogP) is 2.05. The van der Waals surface area contributed by atoms with Crippen LogP contribution in [-0.4, -0.2) is 42.7 Å². The number of ether oxygens (including phenoxy) is 1. The fourth-order valence-electron chi connectivity index (χ4n) is 3.75. The molecule has 0 radical (unpaired) electrons. The Morgan fingerprint density at radius 2 is 2.05 bits per heavy atom. The number of hydrogen-bond acceptors (Lipinski definition) is 4. The quantitative estimate of drug-likeness (QED) is 0.892. The Kier molecular flexibility index (Phi) is 4.22. The summed E-state index contributed by atoms with van der Waals surface area (Å²) in [5.74, 6) is 1.52. The van der Waals surface area contributed by atoms with Crippen LogP contribution in [0.4, 0.5) is 0 Å². The van der Waals surface area contributed by atoms with Crippen molar-refractivity contribution >= 4 is 0 Å². The van der Waals surface area contributed by atoms with Crippen LogP contribution in [0, 0.1) is 5.92 Å². The summed E-state index contributed by atoms with van der Waals surface area (Å²) in [6.07, 6.45) is 7.42. The zero-order chi connectivity index (χ0) is 13.9. The Labute approximate surface area is 121 Å². The molecule has 110 valence electrons. The first-order chi connectivity index (χ1) is 9.76. The first-order valence-corrected chi connectivity index (χ1v) is 7.68. The van der Waals surface area contributed by atoms with E-state index in [1.54, 1.807) is 7.11 Å². The van der Waals surface area contributed by atoms with Crippen LogP contribution in [-0.2, 0) is 6.54 Å². The minimum atomic E-state index is 0.681. The zero-order valence-corrected chi connectivity index (χ0v) is 12.5. The van der Waals surface area contributed by atoms with Crippen molar-refractivity contribution in [1.29, 1.82) is 0 Å². The van der Waals surface area contributed by atoms with Gasteiger partial charge >= 0.3 is 0 Å². The SMILES string of the molecule is COc1ccc(CNCC2CC3CCC(C2)N3C)cn1. The second-order valence-corrected chi connectivity index (χ2v) is 6.23. The van der Waals surface area contributed by atoms with Crippen LogP contribution in [0.1, 0.15) is 31.2 Å². The maximum Gasteiger partial charge on any atom is 0.212 e. The first-order valence-electron chi connectivity index (χ1n) is 7.68. The molecule has 3 rings (SSSR count). The monoisotopic (exact) mass is 275 g/mol. The maximum atomic E-state index is 5.07. The number of nitrogens with one attached hydrogen (secondary N) is 1. The second kappa shape index (κ2) is 6.10. The van der Waals surface area contributed by atoms with Crippen molar-refractivity contribution in [2.24, 2.45) is 5.92 Å². The summed E-state index contributed by atoms with van der Waals surface area (Å²) in [4.78, 5) is 6.84. The molecule has 0 aliphatic carbocycles. The molecule has 20 heavy (non-hydrogen) atoms. The van der Waals surface area contributed by atoms with Gasteiger partial charge in [0.1, 0.15) is 0 Å².